The molecule has 0 aromatic carbocycles. The van der Waals surface area contributed by atoms with Gasteiger partial charge in [-0.3, -0.25) is 0 Å². The molecular weight excluding hydrogens is 226 g/mol. The Bertz CT molecular complexity index is 305. The lowest BCUT2D eigenvalue weighted by atomic mass is 9.83. The lowest BCUT2D eigenvalue weighted by molar-refractivity contribution is 0.243. The molecule has 4 heteroatoms. The quantitative estimate of drug-likeness (QED) is 0.294. The van der Waals surface area contributed by atoms with E-state index in [2.05, 4.69) is 24.3 Å². The highest BCUT2D eigenvalue weighted by Gasteiger charge is 2.41. The van der Waals surface area contributed by atoms with Crippen molar-refractivity contribution in [3.8, 4) is 0 Å². The normalized spacial score (nSPS) is 34.8. The van der Waals surface area contributed by atoms with Gasteiger partial charge in [0.15, 0.2) is 0 Å². The molecule has 2 rings (SSSR count). The minimum Gasteiger partial charge on any atom is -0.409 e. The fourth-order valence-electron chi connectivity index (χ4n) is 4.02. The lowest BCUT2D eigenvalue weighted by Gasteiger charge is -2.31. The van der Waals surface area contributed by atoms with Gasteiger partial charge < -0.3 is 16.3 Å². The van der Waals surface area contributed by atoms with Crippen LogP contribution < -0.4 is 11.1 Å². The molecule has 0 heterocycles. The Balaban J connectivity index is 1.83. The van der Waals surface area contributed by atoms with Gasteiger partial charge in [0.1, 0.15) is 5.84 Å². The van der Waals surface area contributed by atoms with Gasteiger partial charge in [0.25, 0.3) is 0 Å². The highest BCUT2D eigenvalue weighted by atomic mass is 16.4. The van der Waals surface area contributed by atoms with E-state index in [-0.39, 0.29) is 0 Å². The van der Waals surface area contributed by atoms with E-state index in [0.29, 0.717) is 24.3 Å². The Morgan fingerprint density at radius 1 is 1.44 bits per heavy atom. The molecule has 0 amide bonds. The van der Waals surface area contributed by atoms with Crippen LogP contribution in [0, 0.1) is 17.8 Å². The first-order valence-electron chi connectivity index (χ1n) is 7.36. The van der Waals surface area contributed by atoms with E-state index in [1.165, 1.54) is 25.7 Å². The van der Waals surface area contributed by atoms with Crippen molar-refractivity contribution < 1.29 is 5.21 Å². The summed E-state index contributed by atoms with van der Waals surface area (Å²) in [5.74, 6) is 3.10. The van der Waals surface area contributed by atoms with Crippen molar-refractivity contribution in [2.75, 3.05) is 0 Å². The SMILES string of the molecule is CCC(CC(N)=NO)NC(C)C1CC2CCC1C2. The Morgan fingerprint density at radius 2 is 2.22 bits per heavy atom. The van der Waals surface area contributed by atoms with Gasteiger partial charge in [0.2, 0.25) is 0 Å². The summed E-state index contributed by atoms with van der Waals surface area (Å²) in [6.07, 6.45) is 7.39. The van der Waals surface area contributed by atoms with E-state index in [4.69, 9.17) is 10.9 Å². The summed E-state index contributed by atoms with van der Waals surface area (Å²) >= 11 is 0. The zero-order valence-electron chi connectivity index (χ0n) is 11.6. The predicted molar refractivity (Wildman–Crippen MR) is 73.6 cm³/mol. The molecule has 0 radical (unpaired) electrons. The van der Waals surface area contributed by atoms with E-state index in [1.54, 1.807) is 0 Å². The largest absolute Gasteiger partial charge is 0.409 e. The van der Waals surface area contributed by atoms with Crippen molar-refractivity contribution >= 4 is 5.84 Å². The molecule has 104 valence electrons. The number of hydrogen-bond donors (Lipinski definition) is 3. The van der Waals surface area contributed by atoms with E-state index in [0.717, 1.165) is 24.2 Å². The molecule has 2 fully saturated rings. The van der Waals surface area contributed by atoms with Gasteiger partial charge in [-0.2, -0.15) is 0 Å². The van der Waals surface area contributed by atoms with Gasteiger partial charge in [-0.05, 0) is 50.4 Å². The first-order valence-corrected chi connectivity index (χ1v) is 7.36. The fraction of sp³-hybridized carbons (Fsp3) is 0.929. The third-order valence-corrected chi connectivity index (χ3v) is 5.01. The molecule has 2 aliphatic rings. The topological polar surface area (TPSA) is 70.6 Å². The molecule has 0 aromatic heterocycles. The molecule has 2 saturated carbocycles. The van der Waals surface area contributed by atoms with E-state index >= 15 is 0 Å². The summed E-state index contributed by atoms with van der Waals surface area (Å²) < 4.78 is 0. The molecule has 4 N–H and O–H groups in total. The summed E-state index contributed by atoms with van der Waals surface area (Å²) in [6, 6.07) is 0.881. The van der Waals surface area contributed by atoms with Crippen molar-refractivity contribution in [1.82, 2.24) is 5.32 Å². The van der Waals surface area contributed by atoms with Gasteiger partial charge in [0.05, 0.1) is 0 Å². The Morgan fingerprint density at radius 3 is 2.72 bits per heavy atom. The maximum atomic E-state index is 8.65. The average molecular weight is 253 g/mol. The third kappa shape index (κ3) is 2.97. The van der Waals surface area contributed by atoms with Gasteiger partial charge >= 0.3 is 0 Å². The number of fused-ring (bicyclic) bond motifs is 2. The second kappa shape index (κ2) is 5.91. The van der Waals surface area contributed by atoms with Crippen LogP contribution in [0.25, 0.3) is 0 Å². The van der Waals surface area contributed by atoms with Crippen LogP contribution >= 0.6 is 0 Å². The summed E-state index contributed by atoms with van der Waals surface area (Å²) in [5, 5.41) is 15.4. The smallest absolute Gasteiger partial charge is 0.140 e. The zero-order chi connectivity index (χ0) is 13.1. The number of oxime groups is 1. The number of nitrogens with two attached hydrogens (primary N) is 1. The van der Waals surface area contributed by atoms with Crippen molar-refractivity contribution in [1.29, 1.82) is 0 Å². The van der Waals surface area contributed by atoms with Crippen LogP contribution in [0.3, 0.4) is 0 Å². The van der Waals surface area contributed by atoms with Crippen LogP contribution in [0.4, 0.5) is 0 Å². The van der Waals surface area contributed by atoms with Crippen LogP contribution in [0.15, 0.2) is 5.16 Å². The molecule has 18 heavy (non-hydrogen) atoms. The van der Waals surface area contributed by atoms with Crippen molar-refractivity contribution in [2.45, 2.75) is 64.5 Å². The maximum absolute atomic E-state index is 8.65. The van der Waals surface area contributed by atoms with Crippen molar-refractivity contribution in [3.63, 3.8) is 0 Å². The van der Waals surface area contributed by atoms with Gasteiger partial charge in [-0.15, -0.1) is 0 Å². The second-order valence-electron chi connectivity index (χ2n) is 6.19. The summed E-state index contributed by atoms with van der Waals surface area (Å²) in [4.78, 5) is 0. The van der Waals surface area contributed by atoms with E-state index < -0.39 is 0 Å². The molecule has 5 unspecified atom stereocenters. The standard InChI is InChI=1S/C14H27N3O/c1-3-12(8-14(15)17-18)16-9(2)13-7-10-4-5-11(13)6-10/h9-13,16,18H,3-8H2,1-2H3,(H2,15,17). The first-order chi connectivity index (χ1) is 8.63. The van der Waals surface area contributed by atoms with Gasteiger partial charge in [-0.1, -0.05) is 18.5 Å². The first kappa shape index (κ1) is 13.7. The Kier molecular flexibility index (Phi) is 4.49. The monoisotopic (exact) mass is 253 g/mol. The van der Waals surface area contributed by atoms with Gasteiger partial charge in [-0.25, -0.2) is 0 Å². The number of nitrogens with zero attached hydrogens (tertiary/aromatic N) is 1. The van der Waals surface area contributed by atoms with Crippen LogP contribution in [0.1, 0.15) is 52.4 Å². The number of nitrogens with one attached hydrogen (secondary N) is 1. The molecule has 0 saturated heterocycles. The number of hydrogen-bond acceptors (Lipinski definition) is 3. The molecule has 2 bridgehead atoms. The summed E-state index contributed by atoms with van der Waals surface area (Å²) in [5.41, 5.74) is 5.60. The minimum absolute atomic E-state index is 0.328. The fourth-order valence-corrected chi connectivity index (χ4v) is 4.02. The second-order valence-corrected chi connectivity index (χ2v) is 6.19. The van der Waals surface area contributed by atoms with Crippen molar-refractivity contribution in [3.05, 3.63) is 0 Å². The Labute approximate surface area is 110 Å². The van der Waals surface area contributed by atoms with E-state index in [1.807, 2.05) is 0 Å². The number of amidine groups is 1. The highest BCUT2D eigenvalue weighted by molar-refractivity contribution is 5.80. The molecule has 4 nitrogen and oxygen atoms in total. The zero-order valence-corrected chi connectivity index (χ0v) is 11.6. The molecular formula is C14H27N3O. The molecule has 0 aliphatic heterocycles. The van der Waals surface area contributed by atoms with Crippen LogP contribution in [0.5, 0.6) is 0 Å². The van der Waals surface area contributed by atoms with Crippen LogP contribution in [0.2, 0.25) is 0 Å². The summed E-state index contributed by atoms with van der Waals surface area (Å²) in [7, 11) is 0. The van der Waals surface area contributed by atoms with Crippen LogP contribution in [-0.2, 0) is 0 Å². The lowest BCUT2D eigenvalue weighted by Crippen LogP contribution is -2.44. The molecule has 0 aromatic rings. The minimum atomic E-state index is 0.328. The highest BCUT2D eigenvalue weighted by Crippen LogP contribution is 2.49. The third-order valence-electron chi connectivity index (χ3n) is 5.01. The number of rotatable bonds is 6. The molecule has 0 spiro atoms. The molecule has 5 atom stereocenters. The van der Waals surface area contributed by atoms with Gasteiger partial charge in [0, 0.05) is 18.5 Å². The Hall–Kier alpha value is -0.770. The summed E-state index contributed by atoms with van der Waals surface area (Å²) in [6.45, 7) is 4.45. The van der Waals surface area contributed by atoms with E-state index in [9.17, 15) is 0 Å². The molecule has 2 aliphatic carbocycles. The average Bonchev–Trinajstić information content (AvgIpc) is 2.99. The van der Waals surface area contributed by atoms with Crippen molar-refractivity contribution in [2.24, 2.45) is 28.6 Å². The maximum Gasteiger partial charge on any atom is 0.140 e. The predicted octanol–water partition coefficient (Wildman–Crippen LogP) is 2.32. The van der Waals surface area contributed by atoms with Crippen LogP contribution in [-0.4, -0.2) is 23.1 Å².